The predicted molar refractivity (Wildman–Crippen MR) is 97.6 cm³/mol. The van der Waals surface area contributed by atoms with E-state index in [4.69, 9.17) is 4.74 Å². The van der Waals surface area contributed by atoms with Gasteiger partial charge in [-0.1, -0.05) is 26.0 Å². The van der Waals surface area contributed by atoms with E-state index in [2.05, 4.69) is 6.58 Å². The number of esters is 1. The summed E-state index contributed by atoms with van der Waals surface area (Å²) in [4.78, 5) is 12.2. The summed E-state index contributed by atoms with van der Waals surface area (Å²) in [5.74, 6) is -0.293. The van der Waals surface area contributed by atoms with Gasteiger partial charge in [0.1, 0.15) is 17.6 Å². The molecule has 1 aromatic rings. The van der Waals surface area contributed by atoms with E-state index in [1.807, 2.05) is 13.8 Å². The second kappa shape index (κ2) is 6.80. The van der Waals surface area contributed by atoms with E-state index in [-0.39, 0.29) is 28.9 Å². The molecule has 5 heteroatoms. The number of carbonyl (C=O) groups is 1. The molecular weight excluding hydrogens is 332 g/mol. The van der Waals surface area contributed by atoms with Gasteiger partial charge in [0.2, 0.25) is 0 Å². The number of aliphatic hydroxyl groups is 1. The van der Waals surface area contributed by atoms with Crippen LogP contribution in [0.2, 0.25) is 0 Å². The van der Waals surface area contributed by atoms with E-state index in [9.17, 15) is 20.1 Å². The van der Waals surface area contributed by atoms with E-state index >= 15 is 0 Å². The normalized spacial score (nSPS) is 28.0. The molecule has 0 radical (unpaired) electrons. The zero-order valence-electron chi connectivity index (χ0n) is 15.2. The number of aromatic hydroxyl groups is 2. The first kappa shape index (κ1) is 18.5. The van der Waals surface area contributed by atoms with Crippen LogP contribution in [0.4, 0.5) is 0 Å². The average molecular weight is 358 g/mol. The number of phenols is 2. The quantitative estimate of drug-likeness (QED) is 0.433. The topological polar surface area (TPSA) is 87.0 Å². The summed E-state index contributed by atoms with van der Waals surface area (Å²) in [5.41, 5.74) is 1.77. The van der Waals surface area contributed by atoms with Crippen molar-refractivity contribution in [2.75, 3.05) is 0 Å². The minimum Gasteiger partial charge on any atom is -0.508 e. The molecule has 0 bridgehead atoms. The van der Waals surface area contributed by atoms with E-state index in [1.165, 1.54) is 18.2 Å². The van der Waals surface area contributed by atoms with Gasteiger partial charge in [-0.05, 0) is 61.3 Å². The Balaban J connectivity index is 1.74. The van der Waals surface area contributed by atoms with Crippen molar-refractivity contribution in [3.8, 4) is 11.5 Å². The Labute approximate surface area is 153 Å². The van der Waals surface area contributed by atoms with Crippen molar-refractivity contribution in [2.24, 2.45) is 11.3 Å². The van der Waals surface area contributed by atoms with Crippen molar-refractivity contribution in [3.63, 3.8) is 0 Å². The second-order valence-corrected chi connectivity index (χ2v) is 7.89. The highest BCUT2D eigenvalue weighted by Gasteiger charge is 2.41. The number of allylic oxidation sites excluding steroid dienone is 1. The lowest BCUT2D eigenvalue weighted by atomic mass is 9.63. The van der Waals surface area contributed by atoms with Crippen LogP contribution in [0.15, 0.2) is 42.0 Å². The van der Waals surface area contributed by atoms with Gasteiger partial charge in [-0.3, -0.25) is 0 Å². The van der Waals surface area contributed by atoms with Gasteiger partial charge < -0.3 is 20.1 Å². The molecule has 2 aliphatic rings. The fourth-order valence-electron chi connectivity index (χ4n) is 4.09. The number of aliphatic hydroxyl groups excluding tert-OH is 1. The first-order chi connectivity index (χ1) is 12.2. The Morgan fingerprint density at radius 3 is 2.77 bits per heavy atom. The number of benzene rings is 1. The van der Waals surface area contributed by atoms with Gasteiger partial charge >= 0.3 is 5.97 Å². The van der Waals surface area contributed by atoms with Gasteiger partial charge in [-0.2, -0.15) is 0 Å². The zero-order valence-corrected chi connectivity index (χ0v) is 15.2. The molecule has 1 aliphatic carbocycles. The minimum absolute atomic E-state index is 0.00457. The third-order valence-electron chi connectivity index (χ3n) is 5.86. The molecule has 1 heterocycles. The second-order valence-electron chi connectivity index (χ2n) is 7.89. The standard InChI is InChI=1S/C21H26O5/c1-12-4-9-19(24)21(2,3)16(12)7-5-13-10-18(26-20(13)25)15-11-14(22)6-8-17(15)23/h6,8,10-11,16,18-19,22-24H,1,4-5,7,9H2,2-3H3/t16-,18-,19+/m1/s1. The fraction of sp³-hybridized carbons (Fsp3) is 0.476. The highest BCUT2D eigenvalue weighted by atomic mass is 16.5. The highest BCUT2D eigenvalue weighted by molar-refractivity contribution is 5.91. The molecule has 0 unspecified atom stereocenters. The molecule has 1 aliphatic heterocycles. The van der Waals surface area contributed by atoms with Crippen molar-refractivity contribution >= 4 is 5.97 Å². The summed E-state index contributed by atoms with van der Waals surface area (Å²) in [6.07, 6.45) is 3.39. The van der Waals surface area contributed by atoms with Crippen LogP contribution in [0, 0.1) is 11.3 Å². The summed E-state index contributed by atoms with van der Waals surface area (Å²) in [6, 6.07) is 4.15. The van der Waals surface area contributed by atoms with E-state index in [1.54, 1.807) is 6.08 Å². The molecule has 1 saturated carbocycles. The van der Waals surface area contributed by atoms with E-state index < -0.39 is 12.1 Å². The molecule has 3 N–H and O–H groups in total. The van der Waals surface area contributed by atoms with Gasteiger partial charge in [0.05, 0.1) is 6.10 Å². The van der Waals surface area contributed by atoms with Crippen LogP contribution in [0.1, 0.15) is 51.2 Å². The van der Waals surface area contributed by atoms with Crippen LogP contribution < -0.4 is 0 Å². The van der Waals surface area contributed by atoms with E-state index in [0.29, 0.717) is 24.0 Å². The molecule has 1 fully saturated rings. The van der Waals surface area contributed by atoms with Crippen LogP contribution in [0.5, 0.6) is 11.5 Å². The van der Waals surface area contributed by atoms with Gasteiger partial charge in [0, 0.05) is 11.1 Å². The smallest absolute Gasteiger partial charge is 0.334 e. The molecule has 0 saturated heterocycles. The van der Waals surface area contributed by atoms with Crippen molar-refractivity contribution in [1.29, 1.82) is 0 Å². The van der Waals surface area contributed by atoms with Crippen molar-refractivity contribution in [1.82, 2.24) is 0 Å². The summed E-state index contributed by atoms with van der Waals surface area (Å²) >= 11 is 0. The third-order valence-corrected chi connectivity index (χ3v) is 5.86. The molecular formula is C21H26O5. The van der Waals surface area contributed by atoms with E-state index in [0.717, 1.165) is 18.4 Å². The molecule has 3 atom stereocenters. The lowest BCUT2D eigenvalue weighted by molar-refractivity contribution is -0.140. The number of rotatable bonds is 4. The number of cyclic esters (lactones) is 1. The Morgan fingerprint density at radius 1 is 1.31 bits per heavy atom. The minimum atomic E-state index is -0.697. The molecule has 1 aromatic carbocycles. The number of ether oxygens (including phenoxy) is 1. The van der Waals surface area contributed by atoms with Gasteiger partial charge in [-0.15, -0.1) is 0 Å². The molecule has 5 nitrogen and oxygen atoms in total. The Kier molecular flexibility index (Phi) is 4.84. The predicted octanol–water partition coefficient (Wildman–Crippen LogP) is 3.76. The Morgan fingerprint density at radius 2 is 2.04 bits per heavy atom. The average Bonchev–Trinajstić information content (AvgIpc) is 2.94. The van der Waals surface area contributed by atoms with Gasteiger partial charge in [0.25, 0.3) is 0 Å². The first-order valence-corrected chi connectivity index (χ1v) is 8.99. The molecule has 140 valence electrons. The van der Waals surface area contributed by atoms with Crippen molar-refractivity contribution in [2.45, 2.75) is 51.7 Å². The first-order valence-electron chi connectivity index (χ1n) is 8.99. The number of phenolic OH excluding ortho intramolecular Hbond substituents is 2. The summed E-state index contributed by atoms with van der Waals surface area (Å²) in [6.45, 7) is 8.25. The number of carbonyl (C=O) groups excluding carboxylic acids is 1. The molecule has 0 aromatic heterocycles. The maximum absolute atomic E-state index is 12.2. The molecule has 26 heavy (non-hydrogen) atoms. The third kappa shape index (κ3) is 3.36. The van der Waals surface area contributed by atoms with Gasteiger partial charge in [0.15, 0.2) is 0 Å². The van der Waals surface area contributed by atoms with Gasteiger partial charge in [-0.25, -0.2) is 4.79 Å². The maximum Gasteiger partial charge on any atom is 0.334 e. The van der Waals surface area contributed by atoms with Crippen LogP contribution in [-0.4, -0.2) is 27.4 Å². The SMILES string of the molecule is C=C1CC[C@H](O)C(C)(C)[C@@H]1CCC1=C[C@H](c2cc(O)ccc2O)OC1=O. The number of hydrogen-bond acceptors (Lipinski definition) is 5. The van der Waals surface area contributed by atoms with Crippen LogP contribution in [0.25, 0.3) is 0 Å². The molecule has 0 amide bonds. The lowest BCUT2D eigenvalue weighted by Gasteiger charge is -2.44. The largest absolute Gasteiger partial charge is 0.508 e. The zero-order chi connectivity index (χ0) is 19.1. The Hall–Kier alpha value is -2.27. The summed E-state index contributed by atoms with van der Waals surface area (Å²) in [7, 11) is 0. The van der Waals surface area contributed by atoms with Crippen LogP contribution >= 0.6 is 0 Å². The summed E-state index contributed by atoms with van der Waals surface area (Å²) in [5, 5.41) is 29.9. The van der Waals surface area contributed by atoms with Crippen LogP contribution in [0.3, 0.4) is 0 Å². The summed E-state index contributed by atoms with van der Waals surface area (Å²) < 4.78 is 5.36. The lowest BCUT2D eigenvalue weighted by Crippen LogP contribution is -2.41. The highest BCUT2D eigenvalue weighted by Crippen LogP contribution is 2.46. The monoisotopic (exact) mass is 358 g/mol. The maximum atomic E-state index is 12.2. The molecule has 0 spiro atoms. The van der Waals surface area contributed by atoms with Crippen molar-refractivity contribution < 1.29 is 24.9 Å². The molecule has 3 rings (SSSR count). The number of hydrogen-bond donors (Lipinski definition) is 3. The Bertz CT molecular complexity index is 762. The van der Waals surface area contributed by atoms with Crippen molar-refractivity contribution in [3.05, 3.63) is 47.6 Å². The fourth-order valence-corrected chi connectivity index (χ4v) is 4.09. The van der Waals surface area contributed by atoms with Crippen LogP contribution in [-0.2, 0) is 9.53 Å².